The Morgan fingerprint density at radius 3 is 2.61 bits per heavy atom. The van der Waals surface area contributed by atoms with E-state index in [4.69, 9.17) is 28.9 Å². The van der Waals surface area contributed by atoms with E-state index in [1.165, 1.54) is 10.8 Å². The van der Waals surface area contributed by atoms with Crippen molar-refractivity contribution in [3.8, 4) is 11.4 Å². The monoisotopic (exact) mass is 444 g/mol. The van der Waals surface area contributed by atoms with E-state index in [9.17, 15) is 0 Å². The molecule has 3 N–H and O–H groups in total. The number of benzene rings is 4. The first-order chi connectivity index (χ1) is 15.1. The molecule has 0 aliphatic carbocycles. The molecule has 0 unspecified atom stereocenters. The van der Waals surface area contributed by atoms with Crippen LogP contribution >= 0.6 is 23.2 Å². The van der Waals surface area contributed by atoms with Crippen LogP contribution in [0, 0.1) is 0 Å². The number of nitrogens with one attached hydrogen (secondary N) is 1. The number of imidazole rings is 1. The maximum atomic E-state index is 6.32. The average Bonchev–Trinajstić information content (AvgIpc) is 3.22. The number of hydrogen-bond acceptors (Lipinski definition) is 2. The molecule has 0 saturated heterocycles. The highest BCUT2D eigenvalue weighted by Gasteiger charge is 2.09. The summed E-state index contributed by atoms with van der Waals surface area (Å²) in [6.45, 7) is 0.517. The van der Waals surface area contributed by atoms with Crippen molar-refractivity contribution in [2.75, 3.05) is 0 Å². The molecule has 0 fully saturated rings. The molecule has 0 spiro atoms. The van der Waals surface area contributed by atoms with Crippen molar-refractivity contribution in [3.63, 3.8) is 0 Å². The Kier molecular flexibility index (Phi) is 5.10. The summed E-state index contributed by atoms with van der Waals surface area (Å²) in [7, 11) is 0. The van der Waals surface area contributed by atoms with Gasteiger partial charge in [-0.3, -0.25) is 4.99 Å². The molecule has 0 amide bonds. The molecule has 6 heteroatoms. The van der Waals surface area contributed by atoms with Crippen molar-refractivity contribution in [1.82, 2.24) is 9.97 Å². The lowest BCUT2D eigenvalue weighted by molar-refractivity contribution is 1.08. The lowest BCUT2D eigenvalue weighted by atomic mass is 10.0. The van der Waals surface area contributed by atoms with Crippen LogP contribution in [0.25, 0.3) is 33.2 Å². The minimum absolute atomic E-state index is 0.487. The number of nitrogens with two attached hydrogens (primary N) is 1. The summed E-state index contributed by atoms with van der Waals surface area (Å²) in [5.74, 6) is 1.21. The van der Waals surface area contributed by atoms with Gasteiger partial charge in [0.1, 0.15) is 11.7 Å². The van der Waals surface area contributed by atoms with Crippen LogP contribution in [-0.2, 0) is 6.54 Å². The third kappa shape index (κ3) is 3.88. The molecule has 5 rings (SSSR count). The second-order valence-corrected chi connectivity index (χ2v) is 8.10. The molecule has 0 saturated carbocycles. The molecule has 31 heavy (non-hydrogen) atoms. The van der Waals surface area contributed by atoms with E-state index in [2.05, 4.69) is 39.2 Å². The number of aromatic nitrogens is 2. The van der Waals surface area contributed by atoms with E-state index in [1.807, 2.05) is 42.5 Å². The Morgan fingerprint density at radius 2 is 1.74 bits per heavy atom. The van der Waals surface area contributed by atoms with E-state index in [0.717, 1.165) is 33.5 Å². The third-order valence-electron chi connectivity index (χ3n) is 5.27. The molecule has 0 radical (unpaired) electrons. The predicted molar refractivity (Wildman–Crippen MR) is 130 cm³/mol. The number of aliphatic imine (C=N–C) groups is 1. The van der Waals surface area contributed by atoms with Crippen LogP contribution < -0.4 is 5.73 Å². The number of amidine groups is 1. The molecule has 4 aromatic carbocycles. The summed E-state index contributed by atoms with van der Waals surface area (Å²) in [6, 6.07) is 25.8. The molecule has 152 valence electrons. The molecule has 0 atom stereocenters. The van der Waals surface area contributed by atoms with E-state index in [-0.39, 0.29) is 0 Å². The van der Waals surface area contributed by atoms with Crippen LogP contribution in [-0.4, -0.2) is 15.8 Å². The Labute approximate surface area is 189 Å². The van der Waals surface area contributed by atoms with Crippen molar-refractivity contribution in [2.24, 2.45) is 10.7 Å². The van der Waals surface area contributed by atoms with Gasteiger partial charge in [-0.25, -0.2) is 4.98 Å². The highest BCUT2D eigenvalue weighted by molar-refractivity contribution is 6.42. The zero-order valence-corrected chi connectivity index (χ0v) is 18.0. The maximum absolute atomic E-state index is 6.32. The van der Waals surface area contributed by atoms with E-state index < -0.39 is 0 Å². The Hall–Kier alpha value is -3.34. The zero-order chi connectivity index (χ0) is 21.4. The van der Waals surface area contributed by atoms with Crippen molar-refractivity contribution >= 4 is 50.8 Å². The number of halogens is 2. The molecule has 0 aliphatic rings. The van der Waals surface area contributed by atoms with Crippen molar-refractivity contribution in [3.05, 3.63) is 100 Å². The molecule has 1 aromatic heterocycles. The summed E-state index contributed by atoms with van der Waals surface area (Å²) in [5, 5.41) is 3.39. The Morgan fingerprint density at radius 1 is 0.903 bits per heavy atom. The van der Waals surface area contributed by atoms with E-state index >= 15 is 0 Å². The van der Waals surface area contributed by atoms with Gasteiger partial charge < -0.3 is 10.7 Å². The molecule has 0 bridgehead atoms. The molecule has 4 nitrogen and oxygen atoms in total. The molecule has 5 aromatic rings. The summed E-state index contributed by atoms with van der Waals surface area (Å²) in [6.07, 6.45) is 0. The van der Waals surface area contributed by atoms with Gasteiger partial charge in [-0.1, -0.05) is 65.7 Å². The minimum Gasteiger partial charge on any atom is -0.383 e. The number of nitrogens with zero attached hydrogens (tertiary/aromatic N) is 2. The van der Waals surface area contributed by atoms with Gasteiger partial charge in [0.15, 0.2) is 0 Å². The van der Waals surface area contributed by atoms with Crippen LogP contribution in [0.3, 0.4) is 0 Å². The lowest BCUT2D eigenvalue weighted by Crippen LogP contribution is -2.13. The maximum Gasteiger partial charge on any atom is 0.138 e. The normalized spacial score (nSPS) is 12.0. The highest BCUT2D eigenvalue weighted by atomic mass is 35.5. The predicted octanol–water partition coefficient (Wildman–Crippen LogP) is 6.60. The second kappa shape index (κ2) is 8.06. The van der Waals surface area contributed by atoms with Crippen LogP contribution in [0.1, 0.15) is 11.1 Å². The van der Waals surface area contributed by atoms with Gasteiger partial charge in [0.25, 0.3) is 0 Å². The fourth-order valence-corrected chi connectivity index (χ4v) is 3.94. The largest absolute Gasteiger partial charge is 0.383 e. The van der Waals surface area contributed by atoms with Crippen molar-refractivity contribution < 1.29 is 0 Å². The summed E-state index contributed by atoms with van der Waals surface area (Å²) < 4.78 is 0. The van der Waals surface area contributed by atoms with Gasteiger partial charge in [-0.15, -0.1) is 0 Å². The standard InChI is InChI=1S/C25H18Cl2N4/c26-20-10-8-17(12-21(20)27)25-30-22-11-9-16(13-23(22)31-25)24(28)29-14-18-6-3-5-15-4-1-2-7-19(15)18/h1-13H,14H2,(H2,28,29)(H,30,31). The fourth-order valence-electron chi connectivity index (χ4n) is 3.64. The second-order valence-electron chi connectivity index (χ2n) is 7.29. The van der Waals surface area contributed by atoms with Gasteiger partial charge in [-0.2, -0.15) is 0 Å². The Bertz CT molecular complexity index is 1450. The van der Waals surface area contributed by atoms with Crippen molar-refractivity contribution in [1.29, 1.82) is 0 Å². The van der Waals surface area contributed by atoms with Crippen molar-refractivity contribution in [2.45, 2.75) is 6.54 Å². The summed E-state index contributed by atoms with van der Waals surface area (Å²) in [5.41, 5.74) is 10.9. The topological polar surface area (TPSA) is 67.1 Å². The number of H-pyrrole nitrogens is 1. The SMILES string of the molecule is NC(=NCc1cccc2ccccc12)c1ccc2nc(-c3ccc(Cl)c(Cl)c3)[nH]c2c1. The minimum atomic E-state index is 0.487. The van der Waals surface area contributed by atoms with Crippen LogP contribution in [0.4, 0.5) is 0 Å². The molecular weight excluding hydrogens is 427 g/mol. The zero-order valence-electron chi connectivity index (χ0n) is 16.4. The first-order valence-corrected chi connectivity index (χ1v) is 10.6. The van der Waals surface area contributed by atoms with Crippen LogP contribution in [0.15, 0.2) is 83.9 Å². The first-order valence-electron chi connectivity index (χ1n) is 9.80. The smallest absolute Gasteiger partial charge is 0.138 e. The summed E-state index contributed by atoms with van der Waals surface area (Å²) in [4.78, 5) is 12.6. The van der Waals surface area contributed by atoms with Gasteiger partial charge in [-0.05, 0) is 52.7 Å². The lowest BCUT2D eigenvalue weighted by Gasteiger charge is -2.05. The molecule has 1 heterocycles. The first kappa shape index (κ1) is 19.6. The number of rotatable bonds is 4. The molecular formula is C25H18Cl2N4. The third-order valence-corrected chi connectivity index (χ3v) is 6.01. The van der Waals surface area contributed by atoms with Gasteiger partial charge in [0.2, 0.25) is 0 Å². The van der Waals surface area contributed by atoms with Crippen LogP contribution in [0.2, 0.25) is 10.0 Å². The molecule has 0 aliphatic heterocycles. The summed E-state index contributed by atoms with van der Waals surface area (Å²) >= 11 is 12.2. The number of hydrogen-bond donors (Lipinski definition) is 2. The Balaban J connectivity index is 1.44. The van der Waals surface area contributed by atoms with Gasteiger partial charge in [0, 0.05) is 11.1 Å². The van der Waals surface area contributed by atoms with E-state index in [1.54, 1.807) is 12.1 Å². The van der Waals surface area contributed by atoms with Crippen LogP contribution in [0.5, 0.6) is 0 Å². The van der Waals surface area contributed by atoms with E-state index in [0.29, 0.717) is 22.4 Å². The number of fused-ring (bicyclic) bond motifs is 2. The average molecular weight is 445 g/mol. The highest BCUT2D eigenvalue weighted by Crippen LogP contribution is 2.28. The van der Waals surface area contributed by atoms with Gasteiger partial charge in [0.05, 0.1) is 27.6 Å². The van der Waals surface area contributed by atoms with Gasteiger partial charge >= 0.3 is 0 Å². The number of aromatic amines is 1. The quantitative estimate of drug-likeness (QED) is 0.242. The fraction of sp³-hybridized carbons (Fsp3) is 0.0400.